The van der Waals surface area contributed by atoms with Gasteiger partial charge in [-0.05, 0) is 12.1 Å². The molecular weight excluding hydrogens is 300 g/mol. The maximum absolute atomic E-state index is 4.68. The molecule has 0 fully saturated rings. The zero-order chi connectivity index (χ0) is 15.9. The summed E-state index contributed by atoms with van der Waals surface area (Å²) in [5.74, 6) is 0.678. The number of hydrogen-bond acceptors (Lipinski definition) is 4. The van der Waals surface area contributed by atoms with Crippen LogP contribution >= 0.6 is 0 Å². The average Bonchev–Trinajstić information content (AvgIpc) is 3.27. The first-order chi connectivity index (χ1) is 11.9. The zero-order valence-corrected chi connectivity index (χ0v) is 12.6. The fourth-order valence-electron chi connectivity index (χ4n) is 2.79. The van der Waals surface area contributed by atoms with Gasteiger partial charge in [0.15, 0.2) is 17.1 Å². The van der Waals surface area contributed by atoms with Crippen molar-refractivity contribution in [2.24, 2.45) is 0 Å². The highest BCUT2D eigenvalue weighted by molar-refractivity contribution is 5.89. The summed E-state index contributed by atoms with van der Waals surface area (Å²) in [6.07, 6.45) is 3.46. The van der Waals surface area contributed by atoms with Crippen LogP contribution in [-0.4, -0.2) is 29.4 Å². The number of benzene rings is 2. The highest BCUT2D eigenvalue weighted by Gasteiger charge is 2.13. The SMILES string of the molecule is c1ccc(-c2nc3c4cnn(-c5ccccc5)c4ncn3n2)cc1. The van der Waals surface area contributed by atoms with E-state index in [1.807, 2.05) is 65.3 Å². The van der Waals surface area contributed by atoms with E-state index in [2.05, 4.69) is 20.2 Å². The van der Waals surface area contributed by atoms with Crippen LogP contribution in [0.5, 0.6) is 0 Å². The Kier molecular flexibility index (Phi) is 2.69. The summed E-state index contributed by atoms with van der Waals surface area (Å²) >= 11 is 0. The summed E-state index contributed by atoms with van der Waals surface area (Å²) in [6, 6.07) is 19.8. The van der Waals surface area contributed by atoms with Crippen LogP contribution < -0.4 is 0 Å². The van der Waals surface area contributed by atoms with Gasteiger partial charge in [0, 0.05) is 5.56 Å². The molecule has 2 aromatic carbocycles. The highest BCUT2D eigenvalue weighted by atomic mass is 15.3. The summed E-state index contributed by atoms with van der Waals surface area (Å²) < 4.78 is 3.51. The number of nitrogens with zero attached hydrogens (tertiary/aromatic N) is 6. The molecule has 0 aliphatic rings. The fraction of sp³-hybridized carbons (Fsp3) is 0. The molecule has 0 aliphatic heterocycles. The number of para-hydroxylation sites is 1. The molecule has 0 unspecified atom stereocenters. The van der Waals surface area contributed by atoms with Crippen molar-refractivity contribution in [3.05, 3.63) is 73.2 Å². The van der Waals surface area contributed by atoms with Crippen LogP contribution in [0.3, 0.4) is 0 Å². The van der Waals surface area contributed by atoms with Gasteiger partial charge in [0.25, 0.3) is 0 Å². The van der Waals surface area contributed by atoms with E-state index in [0.717, 1.165) is 27.9 Å². The van der Waals surface area contributed by atoms with E-state index >= 15 is 0 Å². The number of rotatable bonds is 2. The monoisotopic (exact) mass is 312 g/mol. The summed E-state index contributed by atoms with van der Waals surface area (Å²) in [7, 11) is 0. The van der Waals surface area contributed by atoms with Gasteiger partial charge in [-0.2, -0.15) is 5.10 Å². The molecule has 6 nitrogen and oxygen atoms in total. The standard InChI is InChI=1S/C18H12N6/c1-3-7-13(8-4-1)16-21-18-15-11-20-24(14-9-5-2-6-10-14)17(15)19-12-23(18)22-16/h1-12H. The Morgan fingerprint density at radius 1 is 0.792 bits per heavy atom. The van der Waals surface area contributed by atoms with Gasteiger partial charge in [-0.15, -0.1) is 5.10 Å². The summed E-state index contributed by atoms with van der Waals surface area (Å²) in [6.45, 7) is 0. The van der Waals surface area contributed by atoms with Crippen molar-refractivity contribution >= 4 is 16.7 Å². The third-order valence-corrected chi connectivity index (χ3v) is 3.94. The first-order valence-corrected chi connectivity index (χ1v) is 7.60. The molecule has 6 heteroatoms. The Morgan fingerprint density at radius 2 is 1.54 bits per heavy atom. The predicted molar refractivity (Wildman–Crippen MR) is 90.8 cm³/mol. The van der Waals surface area contributed by atoms with Gasteiger partial charge < -0.3 is 0 Å². The summed E-state index contributed by atoms with van der Waals surface area (Å²) in [5, 5.41) is 9.86. The quantitative estimate of drug-likeness (QED) is 0.502. The van der Waals surface area contributed by atoms with E-state index in [4.69, 9.17) is 0 Å². The zero-order valence-electron chi connectivity index (χ0n) is 12.6. The van der Waals surface area contributed by atoms with Crippen molar-refractivity contribution in [3.8, 4) is 17.1 Å². The van der Waals surface area contributed by atoms with Crippen molar-refractivity contribution in [1.82, 2.24) is 29.4 Å². The summed E-state index contributed by atoms with van der Waals surface area (Å²) in [5.41, 5.74) is 3.46. The molecule has 3 aromatic heterocycles. The first kappa shape index (κ1) is 13.0. The molecule has 0 bridgehead atoms. The van der Waals surface area contributed by atoms with Gasteiger partial charge in [0.2, 0.25) is 0 Å². The van der Waals surface area contributed by atoms with E-state index in [0.29, 0.717) is 5.82 Å². The molecule has 5 aromatic rings. The molecule has 5 rings (SSSR count). The second-order valence-electron chi connectivity index (χ2n) is 5.44. The number of fused-ring (bicyclic) bond motifs is 3. The molecule has 3 heterocycles. The van der Waals surface area contributed by atoms with Gasteiger partial charge in [-0.25, -0.2) is 19.2 Å². The first-order valence-electron chi connectivity index (χ1n) is 7.60. The Bertz CT molecular complexity index is 1140. The largest absolute Gasteiger partial charge is 0.216 e. The van der Waals surface area contributed by atoms with Crippen LogP contribution in [0.25, 0.3) is 33.8 Å². The van der Waals surface area contributed by atoms with E-state index in [-0.39, 0.29) is 0 Å². The molecule has 0 atom stereocenters. The minimum atomic E-state index is 0.678. The van der Waals surface area contributed by atoms with Crippen LogP contribution in [0.2, 0.25) is 0 Å². The number of aromatic nitrogens is 6. The maximum atomic E-state index is 4.68. The normalized spacial score (nSPS) is 11.3. The van der Waals surface area contributed by atoms with Crippen LogP contribution in [-0.2, 0) is 0 Å². The lowest BCUT2D eigenvalue weighted by molar-refractivity contribution is 0.882. The lowest BCUT2D eigenvalue weighted by Gasteiger charge is -2.01. The average molecular weight is 312 g/mol. The highest BCUT2D eigenvalue weighted by Crippen LogP contribution is 2.22. The van der Waals surface area contributed by atoms with E-state index < -0.39 is 0 Å². The molecular formula is C18H12N6. The molecule has 24 heavy (non-hydrogen) atoms. The van der Waals surface area contributed by atoms with Crippen LogP contribution in [0.1, 0.15) is 0 Å². The van der Waals surface area contributed by atoms with Gasteiger partial charge in [-0.3, -0.25) is 0 Å². The van der Waals surface area contributed by atoms with Crippen LogP contribution in [0.4, 0.5) is 0 Å². The second kappa shape index (κ2) is 4.99. The fourth-order valence-corrected chi connectivity index (χ4v) is 2.79. The van der Waals surface area contributed by atoms with Crippen molar-refractivity contribution in [3.63, 3.8) is 0 Å². The smallest absolute Gasteiger partial charge is 0.182 e. The third kappa shape index (κ3) is 1.90. The lowest BCUT2D eigenvalue weighted by Crippen LogP contribution is -1.98. The van der Waals surface area contributed by atoms with E-state index in [1.54, 1.807) is 17.0 Å². The minimum absolute atomic E-state index is 0.678. The van der Waals surface area contributed by atoms with Crippen molar-refractivity contribution in [1.29, 1.82) is 0 Å². The molecule has 0 aliphatic carbocycles. The Hall–Kier alpha value is -3.54. The van der Waals surface area contributed by atoms with E-state index in [9.17, 15) is 0 Å². The Labute approximate surface area is 137 Å². The molecule has 0 saturated carbocycles. The van der Waals surface area contributed by atoms with Crippen molar-refractivity contribution < 1.29 is 0 Å². The van der Waals surface area contributed by atoms with Crippen LogP contribution in [0.15, 0.2) is 73.2 Å². The minimum Gasteiger partial charge on any atom is -0.216 e. The Morgan fingerprint density at radius 3 is 2.33 bits per heavy atom. The van der Waals surface area contributed by atoms with Crippen molar-refractivity contribution in [2.75, 3.05) is 0 Å². The number of hydrogen-bond donors (Lipinski definition) is 0. The van der Waals surface area contributed by atoms with Gasteiger partial charge >= 0.3 is 0 Å². The van der Waals surface area contributed by atoms with Crippen LogP contribution in [0, 0.1) is 0 Å². The van der Waals surface area contributed by atoms with Gasteiger partial charge in [0.05, 0.1) is 17.3 Å². The molecule has 0 radical (unpaired) electrons. The summed E-state index contributed by atoms with van der Waals surface area (Å²) in [4.78, 5) is 9.19. The predicted octanol–water partition coefficient (Wildman–Crippen LogP) is 3.13. The molecule has 0 amide bonds. The topological polar surface area (TPSA) is 60.9 Å². The second-order valence-corrected chi connectivity index (χ2v) is 5.44. The van der Waals surface area contributed by atoms with Gasteiger partial charge in [0.1, 0.15) is 6.33 Å². The molecule has 114 valence electrons. The molecule has 0 saturated heterocycles. The maximum Gasteiger partial charge on any atom is 0.182 e. The van der Waals surface area contributed by atoms with Gasteiger partial charge in [-0.1, -0.05) is 48.5 Å². The third-order valence-electron chi connectivity index (χ3n) is 3.94. The molecule has 0 N–H and O–H groups in total. The lowest BCUT2D eigenvalue weighted by atomic mass is 10.2. The van der Waals surface area contributed by atoms with Crippen molar-refractivity contribution in [2.45, 2.75) is 0 Å². The Balaban J connectivity index is 1.74. The molecule has 0 spiro atoms. The van der Waals surface area contributed by atoms with E-state index in [1.165, 1.54) is 0 Å².